The third-order valence-electron chi connectivity index (χ3n) is 2.64. The van der Waals surface area contributed by atoms with Crippen molar-refractivity contribution in [3.8, 4) is 5.75 Å². The van der Waals surface area contributed by atoms with Crippen LogP contribution in [0.15, 0.2) is 18.2 Å². The summed E-state index contributed by atoms with van der Waals surface area (Å²) in [4.78, 5) is 0. The summed E-state index contributed by atoms with van der Waals surface area (Å²) in [5, 5.41) is 13.0. The second-order valence-electron chi connectivity index (χ2n) is 3.96. The van der Waals surface area contributed by atoms with E-state index in [1.165, 1.54) is 19.3 Å². The lowest BCUT2D eigenvalue weighted by Gasteiger charge is -2.09. The summed E-state index contributed by atoms with van der Waals surface area (Å²) in [5.41, 5.74) is 2.17. The molecule has 15 heavy (non-hydrogen) atoms. The van der Waals surface area contributed by atoms with Crippen LogP contribution in [0.1, 0.15) is 37.3 Å². The molecule has 2 N–H and O–H groups in total. The number of hydrogen-bond donors (Lipinski definition) is 2. The molecule has 0 heterocycles. The Morgan fingerprint density at radius 1 is 1.27 bits per heavy atom. The minimum atomic E-state index is 0.401. The summed E-state index contributed by atoms with van der Waals surface area (Å²) < 4.78 is 0. The second-order valence-corrected chi connectivity index (χ2v) is 3.96. The Morgan fingerprint density at radius 3 is 2.73 bits per heavy atom. The van der Waals surface area contributed by atoms with E-state index in [0.29, 0.717) is 5.75 Å². The minimum absolute atomic E-state index is 0.401. The van der Waals surface area contributed by atoms with E-state index in [2.05, 4.69) is 12.2 Å². The summed E-state index contributed by atoms with van der Waals surface area (Å²) in [6.07, 6.45) is 3.73. The van der Waals surface area contributed by atoms with E-state index in [0.717, 1.165) is 24.2 Å². The molecule has 0 spiro atoms. The number of phenolic OH excluding ortho intramolecular Hbond substituents is 1. The highest BCUT2D eigenvalue weighted by atomic mass is 16.3. The van der Waals surface area contributed by atoms with Crippen LogP contribution in [0.2, 0.25) is 0 Å². The van der Waals surface area contributed by atoms with Gasteiger partial charge in [0.05, 0.1) is 0 Å². The molecule has 0 aliphatic rings. The van der Waals surface area contributed by atoms with Crippen LogP contribution in [0.25, 0.3) is 0 Å². The molecule has 1 aromatic rings. The van der Waals surface area contributed by atoms with Crippen molar-refractivity contribution in [1.82, 2.24) is 5.32 Å². The molecule has 84 valence electrons. The first-order chi connectivity index (χ1) is 7.25. The zero-order valence-electron chi connectivity index (χ0n) is 9.71. The first-order valence-electron chi connectivity index (χ1n) is 5.74. The molecule has 0 fully saturated rings. The van der Waals surface area contributed by atoms with Gasteiger partial charge < -0.3 is 10.4 Å². The van der Waals surface area contributed by atoms with E-state index in [9.17, 15) is 5.11 Å². The van der Waals surface area contributed by atoms with E-state index in [4.69, 9.17) is 0 Å². The molecule has 0 bridgehead atoms. The molecule has 1 aromatic carbocycles. The number of benzene rings is 1. The predicted molar refractivity (Wildman–Crippen MR) is 64.1 cm³/mol. The fraction of sp³-hybridized carbons (Fsp3) is 0.538. The van der Waals surface area contributed by atoms with Gasteiger partial charge in [-0.3, -0.25) is 0 Å². The Hall–Kier alpha value is -1.02. The maximum absolute atomic E-state index is 9.65. The zero-order chi connectivity index (χ0) is 11.1. The third-order valence-corrected chi connectivity index (χ3v) is 2.64. The van der Waals surface area contributed by atoms with Gasteiger partial charge in [0.2, 0.25) is 0 Å². The summed E-state index contributed by atoms with van der Waals surface area (Å²) in [5.74, 6) is 0.401. The van der Waals surface area contributed by atoms with Gasteiger partial charge in [0.25, 0.3) is 0 Å². The predicted octanol–water partition coefficient (Wildman–Crippen LogP) is 2.98. The molecule has 0 aliphatic heterocycles. The molecule has 0 radical (unpaired) electrons. The van der Waals surface area contributed by atoms with Gasteiger partial charge in [-0.25, -0.2) is 0 Å². The van der Waals surface area contributed by atoms with Crippen LogP contribution in [0.4, 0.5) is 0 Å². The molecule has 2 heteroatoms. The Balaban J connectivity index is 2.37. The van der Waals surface area contributed by atoms with Crippen LogP contribution in [-0.2, 0) is 6.54 Å². The fourth-order valence-corrected chi connectivity index (χ4v) is 1.63. The Bertz CT molecular complexity index is 276. The highest BCUT2D eigenvalue weighted by Gasteiger charge is 2.02. The summed E-state index contributed by atoms with van der Waals surface area (Å²) in [6, 6.07) is 5.66. The lowest BCUT2D eigenvalue weighted by atomic mass is 10.1. The van der Waals surface area contributed by atoms with Gasteiger partial charge in [-0.2, -0.15) is 0 Å². The van der Waals surface area contributed by atoms with E-state index >= 15 is 0 Å². The van der Waals surface area contributed by atoms with Gasteiger partial charge in [0.1, 0.15) is 5.75 Å². The van der Waals surface area contributed by atoms with Gasteiger partial charge in [0, 0.05) is 12.1 Å². The monoisotopic (exact) mass is 207 g/mol. The number of phenols is 1. The van der Waals surface area contributed by atoms with Gasteiger partial charge in [-0.15, -0.1) is 0 Å². The summed E-state index contributed by atoms with van der Waals surface area (Å²) in [6.45, 7) is 6.03. The first-order valence-corrected chi connectivity index (χ1v) is 5.74. The molecule has 0 aromatic heterocycles. The molecule has 0 unspecified atom stereocenters. The van der Waals surface area contributed by atoms with Crippen LogP contribution in [0.3, 0.4) is 0 Å². The van der Waals surface area contributed by atoms with Crippen molar-refractivity contribution in [2.75, 3.05) is 6.54 Å². The molecular weight excluding hydrogens is 186 g/mol. The average Bonchev–Trinajstić information content (AvgIpc) is 2.21. The summed E-state index contributed by atoms with van der Waals surface area (Å²) in [7, 11) is 0. The van der Waals surface area contributed by atoms with Crippen LogP contribution in [0.5, 0.6) is 5.75 Å². The maximum Gasteiger partial charge on any atom is 0.120 e. The first kappa shape index (κ1) is 12.1. The highest BCUT2D eigenvalue weighted by Crippen LogP contribution is 2.19. The third kappa shape index (κ3) is 3.92. The number of unbranched alkanes of at least 4 members (excludes halogenated alkanes) is 2. The Labute approximate surface area is 92.3 Å². The molecule has 0 saturated heterocycles. The molecule has 1 rings (SSSR count). The smallest absolute Gasteiger partial charge is 0.120 e. The number of hydrogen-bond acceptors (Lipinski definition) is 2. The van der Waals surface area contributed by atoms with Crippen LogP contribution < -0.4 is 5.32 Å². The molecule has 0 amide bonds. The molecule has 2 nitrogen and oxygen atoms in total. The highest BCUT2D eigenvalue weighted by molar-refractivity contribution is 5.38. The molecule has 0 saturated carbocycles. The summed E-state index contributed by atoms with van der Waals surface area (Å²) >= 11 is 0. The van der Waals surface area contributed by atoms with Crippen molar-refractivity contribution in [2.24, 2.45) is 0 Å². The number of nitrogens with one attached hydrogen (secondary N) is 1. The van der Waals surface area contributed by atoms with Crippen molar-refractivity contribution in [3.63, 3.8) is 0 Å². The molecular formula is C13H21NO. The average molecular weight is 207 g/mol. The zero-order valence-corrected chi connectivity index (χ0v) is 9.71. The van der Waals surface area contributed by atoms with Crippen LogP contribution in [0, 0.1) is 6.92 Å². The van der Waals surface area contributed by atoms with Crippen molar-refractivity contribution in [3.05, 3.63) is 29.3 Å². The quantitative estimate of drug-likeness (QED) is 0.703. The fourth-order valence-electron chi connectivity index (χ4n) is 1.63. The topological polar surface area (TPSA) is 32.3 Å². The van der Waals surface area contributed by atoms with Crippen molar-refractivity contribution >= 4 is 0 Å². The van der Waals surface area contributed by atoms with E-state index in [1.54, 1.807) is 6.07 Å². The number of rotatable bonds is 6. The van der Waals surface area contributed by atoms with E-state index in [-0.39, 0.29) is 0 Å². The van der Waals surface area contributed by atoms with E-state index < -0.39 is 0 Å². The van der Waals surface area contributed by atoms with Crippen molar-refractivity contribution < 1.29 is 5.11 Å². The standard InChI is InChI=1S/C13H21NO/c1-3-4-5-9-14-10-12-11(2)7-6-8-13(12)15/h6-8,14-15H,3-5,9-10H2,1-2H3. The minimum Gasteiger partial charge on any atom is -0.508 e. The van der Waals surface area contributed by atoms with Crippen LogP contribution >= 0.6 is 0 Å². The van der Waals surface area contributed by atoms with Crippen molar-refractivity contribution in [1.29, 1.82) is 0 Å². The van der Waals surface area contributed by atoms with Gasteiger partial charge in [-0.1, -0.05) is 31.9 Å². The van der Waals surface area contributed by atoms with E-state index in [1.807, 2.05) is 19.1 Å². The van der Waals surface area contributed by atoms with Crippen LogP contribution in [-0.4, -0.2) is 11.7 Å². The molecule has 0 aliphatic carbocycles. The normalized spacial score (nSPS) is 10.5. The van der Waals surface area contributed by atoms with Gasteiger partial charge >= 0.3 is 0 Å². The largest absolute Gasteiger partial charge is 0.508 e. The van der Waals surface area contributed by atoms with Crippen molar-refractivity contribution in [2.45, 2.75) is 39.7 Å². The van der Waals surface area contributed by atoms with Gasteiger partial charge in [0.15, 0.2) is 0 Å². The number of aromatic hydroxyl groups is 1. The number of aryl methyl sites for hydroxylation is 1. The lowest BCUT2D eigenvalue weighted by molar-refractivity contribution is 0.463. The SMILES string of the molecule is CCCCCNCc1c(C)cccc1O. The second kappa shape index (κ2) is 6.46. The Morgan fingerprint density at radius 2 is 2.07 bits per heavy atom. The lowest BCUT2D eigenvalue weighted by Crippen LogP contribution is -2.15. The Kier molecular flexibility index (Phi) is 5.19. The molecule has 0 atom stereocenters. The maximum atomic E-state index is 9.65. The van der Waals surface area contributed by atoms with Gasteiger partial charge in [-0.05, 0) is 31.5 Å².